The minimum absolute atomic E-state index is 0.195. The van der Waals surface area contributed by atoms with Crippen LogP contribution in [0.1, 0.15) is 16.1 Å². The van der Waals surface area contributed by atoms with Gasteiger partial charge in [-0.05, 0) is 23.1 Å². The smallest absolute Gasteiger partial charge is 0.275 e. The Labute approximate surface area is 200 Å². The van der Waals surface area contributed by atoms with Crippen molar-refractivity contribution in [3.8, 4) is 0 Å². The minimum Gasteiger partial charge on any atom is -0.335 e. The average molecular weight is 495 g/mol. The van der Waals surface area contributed by atoms with Gasteiger partial charge in [-0.1, -0.05) is 54.6 Å². The molecule has 1 aliphatic rings. The van der Waals surface area contributed by atoms with Gasteiger partial charge in [0.1, 0.15) is 4.21 Å². The Morgan fingerprint density at radius 3 is 2.24 bits per heavy atom. The molecule has 34 heavy (non-hydrogen) atoms. The van der Waals surface area contributed by atoms with Crippen LogP contribution >= 0.6 is 11.3 Å². The standard InChI is InChI=1S/C24H22N4O4S2/c29-23-20-10-5-4-9-19(20)22(25-28(23)17-18-7-2-1-3-8-18)24(30)26-12-14-27(15-13-26)34(31,32)21-11-6-16-33-21/h1-11,16H,12-15,17H2. The molecule has 5 rings (SSSR count). The number of fused-ring (bicyclic) bond motifs is 1. The van der Waals surface area contributed by atoms with Crippen LogP contribution in [0.25, 0.3) is 10.8 Å². The molecular formula is C24H22N4O4S2. The predicted molar refractivity (Wildman–Crippen MR) is 131 cm³/mol. The third-order valence-corrected chi connectivity index (χ3v) is 9.13. The maximum absolute atomic E-state index is 13.5. The van der Waals surface area contributed by atoms with Crippen LogP contribution in [-0.2, 0) is 16.6 Å². The second-order valence-electron chi connectivity index (χ2n) is 7.97. The van der Waals surface area contributed by atoms with E-state index < -0.39 is 10.0 Å². The van der Waals surface area contributed by atoms with E-state index in [9.17, 15) is 18.0 Å². The van der Waals surface area contributed by atoms with E-state index >= 15 is 0 Å². The van der Waals surface area contributed by atoms with E-state index in [0.717, 1.165) is 5.56 Å². The Bertz CT molecular complexity index is 1490. The Balaban J connectivity index is 1.43. The van der Waals surface area contributed by atoms with Crippen LogP contribution < -0.4 is 5.56 Å². The first-order valence-corrected chi connectivity index (χ1v) is 13.1. The Morgan fingerprint density at radius 2 is 1.56 bits per heavy atom. The first-order valence-electron chi connectivity index (χ1n) is 10.8. The number of hydrogen-bond acceptors (Lipinski definition) is 6. The molecule has 174 valence electrons. The molecule has 3 heterocycles. The van der Waals surface area contributed by atoms with E-state index in [-0.39, 0.29) is 49.9 Å². The molecule has 10 heteroatoms. The van der Waals surface area contributed by atoms with Crippen molar-refractivity contribution in [2.24, 2.45) is 0 Å². The number of benzene rings is 2. The van der Waals surface area contributed by atoms with Gasteiger partial charge in [-0.3, -0.25) is 9.59 Å². The van der Waals surface area contributed by atoms with Gasteiger partial charge >= 0.3 is 0 Å². The number of carbonyl (C=O) groups is 1. The molecule has 1 fully saturated rings. The number of thiophene rings is 1. The topological polar surface area (TPSA) is 92.6 Å². The third-order valence-electron chi connectivity index (χ3n) is 5.86. The number of piperazine rings is 1. The summed E-state index contributed by atoms with van der Waals surface area (Å²) < 4.78 is 28.6. The van der Waals surface area contributed by atoms with Gasteiger partial charge in [-0.25, -0.2) is 13.1 Å². The molecule has 2 aromatic carbocycles. The van der Waals surface area contributed by atoms with E-state index in [1.165, 1.54) is 20.3 Å². The fraction of sp³-hybridized carbons (Fsp3) is 0.208. The molecule has 1 aliphatic heterocycles. The minimum atomic E-state index is -3.56. The molecule has 0 spiro atoms. The number of carbonyl (C=O) groups excluding carboxylic acids is 1. The molecule has 0 radical (unpaired) electrons. The molecule has 0 aliphatic carbocycles. The van der Waals surface area contributed by atoms with Crippen molar-refractivity contribution >= 4 is 38.0 Å². The lowest BCUT2D eigenvalue weighted by molar-refractivity contribution is 0.0691. The summed E-state index contributed by atoms with van der Waals surface area (Å²) in [7, 11) is -3.56. The predicted octanol–water partition coefficient (Wildman–Crippen LogP) is 2.65. The van der Waals surface area contributed by atoms with Gasteiger partial charge in [0.25, 0.3) is 21.5 Å². The van der Waals surface area contributed by atoms with E-state index in [1.807, 2.05) is 30.3 Å². The van der Waals surface area contributed by atoms with Crippen molar-refractivity contribution in [3.05, 3.63) is 93.7 Å². The highest BCUT2D eigenvalue weighted by Crippen LogP contribution is 2.23. The van der Waals surface area contributed by atoms with E-state index in [4.69, 9.17) is 0 Å². The fourth-order valence-corrected chi connectivity index (χ4v) is 6.64. The lowest BCUT2D eigenvalue weighted by Gasteiger charge is -2.33. The monoisotopic (exact) mass is 494 g/mol. The maximum atomic E-state index is 13.5. The molecular weight excluding hydrogens is 472 g/mol. The van der Waals surface area contributed by atoms with E-state index in [2.05, 4.69) is 5.10 Å². The van der Waals surface area contributed by atoms with Crippen molar-refractivity contribution in [1.29, 1.82) is 0 Å². The van der Waals surface area contributed by atoms with Gasteiger partial charge in [0, 0.05) is 31.6 Å². The van der Waals surface area contributed by atoms with E-state index in [1.54, 1.807) is 46.7 Å². The van der Waals surface area contributed by atoms with Gasteiger partial charge < -0.3 is 4.90 Å². The molecule has 0 bridgehead atoms. The summed E-state index contributed by atoms with van der Waals surface area (Å²) in [4.78, 5) is 28.2. The fourth-order valence-electron chi connectivity index (χ4n) is 4.08. The zero-order chi connectivity index (χ0) is 23.7. The van der Waals surface area contributed by atoms with Crippen LogP contribution in [0.15, 0.2) is 81.1 Å². The second kappa shape index (κ2) is 9.13. The molecule has 0 unspecified atom stereocenters. The molecule has 0 saturated carbocycles. The Kier molecular flexibility index (Phi) is 6.03. The quantitative estimate of drug-likeness (QED) is 0.425. The van der Waals surface area contributed by atoms with Crippen LogP contribution in [-0.4, -0.2) is 59.5 Å². The van der Waals surface area contributed by atoms with Crippen molar-refractivity contribution < 1.29 is 13.2 Å². The first kappa shape index (κ1) is 22.5. The van der Waals surface area contributed by atoms with Crippen molar-refractivity contribution in [3.63, 3.8) is 0 Å². The first-order chi connectivity index (χ1) is 16.4. The Morgan fingerprint density at radius 1 is 0.882 bits per heavy atom. The average Bonchev–Trinajstić information content (AvgIpc) is 3.42. The number of hydrogen-bond donors (Lipinski definition) is 0. The SMILES string of the molecule is O=C(c1nn(Cc2ccccc2)c(=O)c2ccccc12)N1CCN(S(=O)(=O)c2cccs2)CC1. The van der Waals surface area contributed by atoms with Gasteiger partial charge in [-0.2, -0.15) is 9.40 Å². The molecule has 0 N–H and O–H groups in total. The summed E-state index contributed by atoms with van der Waals surface area (Å²) >= 11 is 1.18. The summed E-state index contributed by atoms with van der Waals surface area (Å²) in [6.45, 7) is 1.15. The normalized spacial score (nSPS) is 15.0. The molecule has 2 aromatic heterocycles. The summed E-state index contributed by atoms with van der Waals surface area (Å²) in [5, 5.41) is 7.11. The van der Waals surface area contributed by atoms with Crippen molar-refractivity contribution in [2.75, 3.05) is 26.2 Å². The molecule has 1 saturated heterocycles. The van der Waals surface area contributed by atoms with Crippen LogP contribution in [0, 0.1) is 0 Å². The zero-order valence-corrected chi connectivity index (χ0v) is 19.8. The number of nitrogens with zero attached hydrogens (tertiary/aromatic N) is 4. The highest BCUT2D eigenvalue weighted by Gasteiger charge is 2.32. The van der Waals surface area contributed by atoms with Crippen LogP contribution in [0.4, 0.5) is 0 Å². The number of rotatable bonds is 5. The maximum Gasteiger partial charge on any atom is 0.275 e. The molecule has 8 nitrogen and oxygen atoms in total. The van der Waals surface area contributed by atoms with Crippen LogP contribution in [0.3, 0.4) is 0 Å². The highest BCUT2D eigenvalue weighted by molar-refractivity contribution is 7.91. The lowest BCUT2D eigenvalue weighted by atomic mass is 10.1. The molecule has 4 aromatic rings. The number of amides is 1. The third kappa shape index (κ3) is 4.15. The van der Waals surface area contributed by atoms with Gasteiger partial charge in [-0.15, -0.1) is 11.3 Å². The Hall–Kier alpha value is -3.34. The largest absolute Gasteiger partial charge is 0.335 e. The van der Waals surface area contributed by atoms with E-state index in [0.29, 0.717) is 15.0 Å². The summed E-state index contributed by atoms with van der Waals surface area (Å²) in [6.07, 6.45) is 0. The summed E-state index contributed by atoms with van der Waals surface area (Å²) in [6, 6.07) is 19.7. The van der Waals surface area contributed by atoms with Gasteiger partial charge in [0.2, 0.25) is 0 Å². The second-order valence-corrected chi connectivity index (χ2v) is 11.1. The van der Waals surface area contributed by atoms with Gasteiger partial charge in [0.15, 0.2) is 5.69 Å². The number of sulfonamides is 1. The summed E-state index contributed by atoms with van der Waals surface area (Å²) in [5.41, 5.74) is 0.835. The lowest BCUT2D eigenvalue weighted by Crippen LogP contribution is -2.50. The van der Waals surface area contributed by atoms with Crippen molar-refractivity contribution in [1.82, 2.24) is 19.0 Å². The van der Waals surface area contributed by atoms with Gasteiger partial charge in [0.05, 0.1) is 11.9 Å². The highest BCUT2D eigenvalue weighted by atomic mass is 32.2. The van der Waals surface area contributed by atoms with Crippen LogP contribution in [0.5, 0.6) is 0 Å². The van der Waals surface area contributed by atoms with Crippen LogP contribution in [0.2, 0.25) is 0 Å². The van der Waals surface area contributed by atoms with Crippen molar-refractivity contribution in [2.45, 2.75) is 10.8 Å². The number of aromatic nitrogens is 2. The summed E-state index contributed by atoms with van der Waals surface area (Å²) in [5.74, 6) is -0.314. The molecule has 0 atom stereocenters. The zero-order valence-electron chi connectivity index (χ0n) is 18.2. The molecule has 1 amide bonds.